The first-order valence-corrected chi connectivity index (χ1v) is 7.26. The molecule has 0 atom stereocenters. The van der Waals surface area contributed by atoms with Gasteiger partial charge in [-0.05, 0) is 37.4 Å². The Labute approximate surface area is 112 Å². The van der Waals surface area contributed by atoms with Gasteiger partial charge in [0.15, 0.2) is 0 Å². The van der Waals surface area contributed by atoms with Crippen LogP contribution in [0.5, 0.6) is 0 Å². The summed E-state index contributed by atoms with van der Waals surface area (Å²) in [6, 6.07) is 8.63. The molecule has 1 aromatic heterocycles. The molecular formula is C14H19N3S. The van der Waals surface area contributed by atoms with E-state index in [1.54, 1.807) is 11.8 Å². The van der Waals surface area contributed by atoms with E-state index in [0.717, 1.165) is 12.1 Å². The summed E-state index contributed by atoms with van der Waals surface area (Å²) in [5, 5.41) is 4.50. The summed E-state index contributed by atoms with van der Waals surface area (Å²) in [6.07, 6.45) is 2.95. The Bertz CT molecular complexity index is 529. The molecule has 0 unspecified atom stereocenters. The molecule has 96 valence electrons. The molecule has 0 fully saturated rings. The van der Waals surface area contributed by atoms with Crippen LogP contribution in [-0.4, -0.2) is 22.6 Å². The van der Waals surface area contributed by atoms with Crippen molar-refractivity contribution < 1.29 is 0 Å². The average Bonchev–Trinajstić information content (AvgIpc) is 2.65. The van der Waals surface area contributed by atoms with E-state index in [2.05, 4.69) is 42.5 Å². The van der Waals surface area contributed by atoms with E-state index >= 15 is 0 Å². The van der Waals surface area contributed by atoms with Crippen LogP contribution in [0.3, 0.4) is 0 Å². The van der Waals surface area contributed by atoms with Gasteiger partial charge < -0.3 is 5.73 Å². The molecule has 1 heterocycles. The first-order chi connectivity index (χ1) is 8.67. The number of nitrogens with two attached hydrogens (primary N) is 1. The summed E-state index contributed by atoms with van der Waals surface area (Å²) in [7, 11) is 1.98. The van der Waals surface area contributed by atoms with Crippen LogP contribution < -0.4 is 5.73 Å². The SMILES string of the molecule is CSc1ccc(-c2c(C)nn(C)c2CCN)cc1. The molecule has 0 radical (unpaired) electrons. The zero-order valence-electron chi connectivity index (χ0n) is 11.1. The van der Waals surface area contributed by atoms with Crippen molar-refractivity contribution in [2.24, 2.45) is 12.8 Å². The fourth-order valence-electron chi connectivity index (χ4n) is 2.26. The van der Waals surface area contributed by atoms with Gasteiger partial charge in [0, 0.05) is 29.6 Å². The number of hydrogen-bond donors (Lipinski definition) is 1. The van der Waals surface area contributed by atoms with Gasteiger partial charge in [-0.3, -0.25) is 4.68 Å². The fourth-order valence-corrected chi connectivity index (χ4v) is 2.67. The lowest BCUT2D eigenvalue weighted by atomic mass is 10.0. The molecule has 0 amide bonds. The second-order valence-corrected chi connectivity index (χ2v) is 5.18. The number of benzene rings is 1. The van der Waals surface area contributed by atoms with Crippen molar-refractivity contribution in [1.29, 1.82) is 0 Å². The lowest BCUT2D eigenvalue weighted by molar-refractivity contribution is 0.701. The monoisotopic (exact) mass is 261 g/mol. The quantitative estimate of drug-likeness (QED) is 0.860. The lowest BCUT2D eigenvalue weighted by Crippen LogP contribution is -2.08. The van der Waals surface area contributed by atoms with E-state index < -0.39 is 0 Å². The van der Waals surface area contributed by atoms with Crippen molar-refractivity contribution in [3.05, 3.63) is 35.7 Å². The van der Waals surface area contributed by atoms with Crippen LogP contribution in [0.25, 0.3) is 11.1 Å². The van der Waals surface area contributed by atoms with Crippen LogP contribution in [0.2, 0.25) is 0 Å². The Morgan fingerprint density at radius 1 is 1.28 bits per heavy atom. The molecule has 3 nitrogen and oxygen atoms in total. The second-order valence-electron chi connectivity index (χ2n) is 4.30. The van der Waals surface area contributed by atoms with Gasteiger partial charge in [0.1, 0.15) is 0 Å². The van der Waals surface area contributed by atoms with Gasteiger partial charge in [-0.25, -0.2) is 0 Å². The molecule has 0 spiro atoms. The van der Waals surface area contributed by atoms with Crippen molar-refractivity contribution in [2.75, 3.05) is 12.8 Å². The van der Waals surface area contributed by atoms with Gasteiger partial charge in [-0.1, -0.05) is 12.1 Å². The van der Waals surface area contributed by atoms with Crippen LogP contribution in [0.15, 0.2) is 29.2 Å². The molecule has 2 aromatic rings. The molecular weight excluding hydrogens is 242 g/mol. The van der Waals surface area contributed by atoms with Crippen LogP contribution >= 0.6 is 11.8 Å². The maximum Gasteiger partial charge on any atom is 0.0674 e. The maximum absolute atomic E-state index is 5.69. The Balaban J connectivity index is 2.48. The third-order valence-electron chi connectivity index (χ3n) is 3.10. The van der Waals surface area contributed by atoms with Gasteiger partial charge in [-0.15, -0.1) is 11.8 Å². The highest BCUT2D eigenvalue weighted by Crippen LogP contribution is 2.28. The van der Waals surface area contributed by atoms with E-state index in [9.17, 15) is 0 Å². The summed E-state index contributed by atoms with van der Waals surface area (Å²) in [5.41, 5.74) is 10.4. The van der Waals surface area contributed by atoms with Gasteiger partial charge in [-0.2, -0.15) is 5.10 Å². The third kappa shape index (κ3) is 2.44. The largest absolute Gasteiger partial charge is 0.330 e. The van der Waals surface area contributed by atoms with Crippen molar-refractivity contribution in [2.45, 2.75) is 18.2 Å². The molecule has 0 bridgehead atoms. The highest BCUT2D eigenvalue weighted by Gasteiger charge is 2.14. The predicted molar refractivity (Wildman–Crippen MR) is 77.9 cm³/mol. The van der Waals surface area contributed by atoms with Crippen molar-refractivity contribution >= 4 is 11.8 Å². The highest BCUT2D eigenvalue weighted by molar-refractivity contribution is 7.98. The van der Waals surface area contributed by atoms with E-state index in [4.69, 9.17) is 5.73 Å². The van der Waals surface area contributed by atoms with E-state index in [1.807, 2.05) is 11.7 Å². The number of aryl methyl sites for hydroxylation is 2. The molecule has 4 heteroatoms. The number of hydrogen-bond acceptors (Lipinski definition) is 3. The predicted octanol–water partition coefficient (Wildman–Crippen LogP) is 2.62. The molecule has 0 saturated heterocycles. The molecule has 0 saturated carbocycles. The van der Waals surface area contributed by atoms with E-state index in [-0.39, 0.29) is 0 Å². The van der Waals surface area contributed by atoms with Crippen molar-refractivity contribution in [1.82, 2.24) is 9.78 Å². The minimum Gasteiger partial charge on any atom is -0.330 e. The minimum atomic E-state index is 0.648. The fraction of sp³-hybridized carbons (Fsp3) is 0.357. The Morgan fingerprint density at radius 3 is 2.50 bits per heavy atom. The topological polar surface area (TPSA) is 43.8 Å². The molecule has 2 N–H and O–H groups in total. The number of rotatable bonds is 4. The van der Waals surface area contributed by atoms with Gasteiger partial charge >= 0.3 is 0 Å². The smallest absolute Gasteiger partial charge is 0.0674 e. The number of aromatic nitrogens is 2. The molecule has 2 rings (SSSR count). The Morgan fingerprint density at radius 2 is 1.94 bits per heavy atom. The van der Waals surface area contributed by atoms with Crippen molar-refractivity contribution in [3.8, 4) is 11.1 Å². The summed E-state index contributed by atoms with van der Waals surface area (Å²) in [4.78, 5) is 1.28. The number of thioether (sulfide) groups is 1. The zero-order valence-corrected chi connectivity index (χ0v) is 11.9. The molecule has 1 aromatic carbocycles. The summed E-state index contributed by atoms with van der Waals surface area (Å²) in [6.45, 7) is 2.70. The maximum atomic E-state index is 5.69. The van der Waals surface area contributed by atoms with E-state index in [1.165, 1.54) is 21.7 Å². The van der Waals surface area contributed by atoms with Gasteiger partial charge in [0.05, 0.1) is 5.69 Å². The van der Waals surface area contributed by atoms with Crippen LogP contribution in [0.1, 0.15) is 11.4 Å². The van der Waals surface area contributed by atoms with Gasteiger partial charge in [0.2, 0.25) is 0 Å². The number of nitrogens with zero attached hydrogens (tertiary/aromatic N) is 2. The minimum absolute atomic E-state index is 0.648. The summed E-state index contributed by atoms with van der Waals surface area (Å²) < 4.78 is 1.94. The van der Waals surface area contributed by atoms with Crippen LogP contribution in [0, 0.1) is 6.92 Å². The first-order valence-electron chi connectivity index (χ1n) is 6.04. The van der Waals surface area contributed by atoms with E-state index in [0.29, 0.717) is 6.54 Å². The molecule has 0 aliphatic heterocycles. The summed E-state index contributed by atoms with van der Waals surface area (Å²) in [5.74, 6) is 0. The molecule has 18 heavy (non-hydrogen) atoms. The molecule has 0 aliphatic rings. The standard InChI is InChI=1S/C14H19N3S/c1-10-14(13(8-9-15)17(2)16-10)11-4-6-12(18-3)7-5-11/h4-7H,8-9,15H2,1-3H3. The van der Waals surface area contributed by atoms with Crippen LogP contribution in [-0.2, 0) is 13.5 Å². The zero-order chi connectivity index (χ0) is 13.1. The van der Waals surface area contributed by atoms with Gasteiger partial charge in [0.25, 0.3) is 0 Å². The van der Waals surface area contributed by atoms with Crippen molar-refractivity contribution in [3.63, 3.8) is 0 Å². The first kappa shape index (κ1) is 13.2. The summed E-state index contributed by atoms with van der Waals surface area (Å²) >= 11 is 1.76. The molecule has 0 aliphatic carbocycles. The Kier molecular flexibility index (Phi) is 4.09. The lowest BCUT2D eigenvalue weighted by Gasteiger charge is -2.06. The Hall–Kier alpha value is -1.26. The second kappa shape index (κ2) is 5.59. The highest BCUT2D eigenvalue weighted by atomic mass is 32.2. The average molecular weight is 261 g/mol. The normalized spacial score (nSPS) is 10.9. The van der Waals surface area contributed by atoms with Crippen LogP contribution in [0.4, 0.5) is 0 Å². The third-order valence-corrected chi connectivity index (χ3v) is 3.84.